The second-order valence-electron chi connectivity index (χ2n) is 9.95. The van der Waals surface area contributed by atoms with Crippen molar-refractivity contribution in [3.63, 3.8) is 0 Å². The molecule has 1 saturated carbocycles. The number of amides is 2. The van der Waals surface area contributed by atoms with Gasteiger partial charge in [0.25, 0.3) is 0 Å². The smallest absolute Gasteiger partial charge is 0.374 e. The first-order chi connectivity index (χ1) is 17.8. The second kappa shape index (κ2) is 11.2. The number of nitrogens with zero attached hydrogens (tertiary/aromatic N) is 3. The topological polar surface area (TPSA) is 102 Å². The zero-order chi connectivity index (χ0) is 27.8. The summed E-state index contributed by atoms with van der Waals surface area (Å²) in [6.07, 6.45) is -3.41. The first kappa shape index (κ1) is 28.3. The highest BCUT2D eigenvalue weighted by Crippen LogP contribution is 2.42. The normalized spacial score (nSPS) is 20.7. The zero-order valence-electron chi connectivity index (χ0n) is 21.0. The van der Waals surface area contributed by atoms with E-state index in [9.17, 15) is 27.2 Å². The minimum atomic E-state index is -4.67. The molecule has 1 aliphatic carbocycles. The van der Waals surface area contributed by atoms with E-state index in [4.69, 9.17) is 22.1 Å². The molecule has 2 aromatic rings. The van der Waals surface area contributed by atoms with E-state index in [-0.39, 0.29) is 36.7 Å². The molecule has 4 rings (SSSR count). The molecule has 3 atom stereocenters. The van der Waals surface area contributed by atoms with Gasteiger partial charge in [-0.15, -0.1) is 0 Å². The Labute approximate surface area is 222 Å². The molecule has 2 fully saturated rings. The van der Waals surface area contributed by atoms with Crippen LogP contribution in [0.1, 0.15) is 60.7 Å². The van der Waals surface area contributed by atoms with Crippen molar-refractivity contribution in [2.75, 3.05) is 19.7 Å². The van der Waals surface area contributed by atoms with Crippen LogP contribution in [-0.2, 0) is 27.0 Å². The molecule has 1 aromatic carbocycles. The maximum absolute atomic E-state index is 14.4. The average molecular weight is 560 g/mol. The van der Waals surface area contributed by atoms with Crippen LogP contribution < -0.4 is 11.1 Å². The van der Waals surface area contributed by atoms with Crippen LogP contribution in [0, 0.1) is 12.7 Å². The fourth-order valence-corrected chi connectivity index (χ4v) is 4.96. The number of aryl methyl sites for hydroxylation is 1. The Kier molecular flexibility index (Phi) is 8.34. The number of hydrogen-bond donors (Lipinski definition) is 2. The number of rotatable bonds is 10. The van der Waals surface area contributed by atoms with Crippen molar-refractivity contribution in [3.05, 3.63) is 51.6 Å². The zero-order valence-corrected chi connectivity index (χ0v) is 21.8. The van der Waals surface area contributed by atoms with E-state index in [2.05, 4.69) is 10.4 Å². The Morgan fingerprint density at radius 3 is 2.61 bits per heavy atom. The van der Waals surface area contributed by atoms with E-state index in [1.807, 2.05) is 0 Å². The summed E-state index contributed by atoms with van der Waals surface area (Å²) >= 11 is 6.53. The SMILES string of the molecule is Cc1cc(F)cc([C@@H]2[C@H](OC[C@@H](C)NCC(N)=O)CCN2C(=O)Cn2nc(C3CC3)cc2C(F)(F)F)c1Cl. The Bertz CT molecular complexity index is 1200. The number of carbonyl (C=O) groups is 2. The minimum absolute atomic E-state index is 0.0241. The monoisotopic (exact) mass is 559 g/mol. The molecule has 208 valence electrons. The summed E-state index contributed by atoms with van der Waals surface area (Å²) < 4.78 is 62.3. The standard InChI is InChI=1S/C25H30ClF4N5O3/c1-13-7-16(27)8-17(23(13)26)24-19(38-12-14(2)32-10-21(31)36)5-6-34(24)22(37)11-35-20(25(28,29)30)9-18(33-35)15-3-4-15/h7-9,14-15,19,24,32H,3-6,10-12H2,1-2H3,(H2,31,36)/t14-,19-,24-/m1/s1. The Morgan fingerprint density at radius 2 is 1.97 bits per heavy atom. The number of nitrogens with two attached hydrogens (primary N) is 1. The molecule has 1 aromatic heterocycles. The number of benzene rings is 1. The van der Waals surface area contributed by atoms with E-state index >= 15 is 0 Å². The molecule has 3 N–H and O–H groups in total. The highest BCUT2D eigenvalue weighted by Gasteiger charge is 2.43. The third kappa shape index (κ3) is 6.47. The van der Waals surface area contributed by atoms with E-state index in [1.165, 1.54) is 17.0 Å². The van der Waals surface area contributed by atoms with Crippen LogP contribution in [0.5, 0.6) is 0 Å². The van der Waals surface area contributed by atoms with Crippen molar-refractivity contribution in [3.8, 4) is 0 Å². The number of carbonyl (C=O) groups excluding carboxylic acids is 2. The number of alkyl halides is 3. The van der Waals surface area contributed by atoms with Gasteiger partial charge in [0.15, 0.2) is 0 Å². The third-order valence-electron chi connectivity index (χ3n) is 6.78. The summed E-state index contributed by atoms with van der Waals surface area (Å²) in [5.41, 5.74) is 5.27. The van der Waals surface area contributed by atoms with Crippen LogP contribution in [0.4, 0.5) is 17.6 Å². The lowest BCUT2D eigenvalue weighted by molar-refractivity contribution is -0.146. The molecular formula is C25H30ClF4N5O3. The minimum Gasteiger partial charge on any atom is -0.374 e. The van der Waals surface area contributed by atoms with Gasteiger partial charge in [0.1, 0.15) is 18.1 Å². The molecule has 0 spiro atoms. The van der Waals surface area contributed by atoms with Gasteiger partial charge in [-0.3, -0.25) is 14.3 Å². The van der Waals surface area contributed by atoms with Gasteiger partial charge in [-0.25, -0.2) is 4.39 Å². The molecule has 1 aliphatic heterocycles. The fraction of sp³-hybridized carbons (Fsp3) is 0.560. The lowest BCUT2D eigenvalue weighted by Crippen LogP contribution is -2.40. The van der Waals surface area contributed by atoms with Gasteiger partial charge in [0.05, 0.1) is 31.0 Å². The summed E-state index contributed by atoms with van der Waals surface area (Å²) in [4.78, 5) is 25.9. The summed E-state index contributed by atoms with van der Waals surface area (Å²) in [5.74, 6) is -1.73. The summed E-state index contributed by atoms with van der Waals surface area (Å²) in [6, 6.07) is 2.39. The van der Waals surface area contributed by atoms with Crippen LogP contribution >= 0.6 is 11.6 Å². The Morgan fingerprint density at radius 1 is 1.26 bits per heavy atom. The highest BCUT2D eigenvalue weighted by molar-refractivity contribution is 6.32. The van der Waals surface area contributed by atoms with Crippen molar-refractivity contribution >= 4 is 23.4 Å². The highest BCUT2D eigenvalue weighted by atomic mass is 35.5. The molecule has 1 saturated heterocycles. The lowest BCUT2D eigenvalue weighted by Gasteiger charge is -2.30. The third-order valence-corrected chi connectivity index (χ3v) is 7.30. The number of primary amides is 1. The van der Waals surface area contributed by atoms with Crippen LogP contribution in [0.15, 0.2) is 18.2 Å². The number of likely N-dealkylation sites (tertiary alicyclic amines) is 1. The number of nitrogens with one attached hydrogen (secondary N) is 1. The van der Waals surface area contributed by atoms with Gasteiger partial charge in [0.2, 0.25) is 11.8 Å². The molecule has 2 aliphatic rings. The first-order valence-corrected chi connectivity index (χ1v) is 12.8. The van der Waals surface area contributed by atoms with Crippen LogP contribution in [0.3, 0.4) is 0 Å². The second-order valence-corrected chi connectivity index (χ2v) is 10.3. The van der Waals surface area contributed by atoms with E-state index < -0.39 is 48.2 Å². The van der Waals surface area contributed by atoms with E-state index in [1.54, 1.807) is 13.8 Å². The molecule has 13 heteroatoms. The average Bonchev–Trinajstić information content (AvgIpc) is 3.44. The molecular weight excluding hydrogens is 530 g/mol. The Hall–Kier alpha value is -2.70. The maximum atomic E-state index is 14.4. The number of halogens is 5. The molecule has 0 radical (unpaired) electrons. The number of aromatic nitrogens is 2. The van der Waals surface area contributed by atoms with Gasteiger partial charge < -0.3 is 20.7 Å². The maximum Gasteiger partial charge on any atom is 0.433 e. The molecule has 0 bridgehead atoms. The lowest BCUT2D eigenvalue weighted by atomic mass is 9.99. The quantitative estimate of drug-likeness (QED) is 0.432. The predicted molar refractivity (Wildman–Crippen MR) is 131 cm³/mol. The molecule has 0 unspecified atom stereocenters. The van der Waals surface area contributed by atoms with Gasteiger partial charge in [-0.05, 0) is 62.4 Å². The van der Waals surface area contributed by atoms with Gasteiger partial charge in [-0.1, -0.05) is 11.6 Å². The predicted octanol–water partition coefficient (Wildman–Crippen LogP) is 3.70. The van der Waals surface area contributed by atoms with E-state index in [0.717, 1.165) is 18.9 Å². The number of hydrogen-bond acceptors (Lipinski definition) is 5. The largest absolute Gasteiger partial charge is 0.433 e. The van der Waals surface area contributed by atoms with Crippen molar-refractivity contribution in [1.29, 1.82) is 0 Å². The summed E-state index contributed by atoms with van der Waals surface area (Å²) in [6.45, 7) is 3.04. The fourth-order valence-electron chi connectivity index (χ4n) is 4.74. The number of ether oxygens (including phenoxy) is 1. The van der Waals surface area contributed by atoms with Crippen molar-refractivity contribution < 1.29 is 31.9 Å². The molecule has 38 heavy (non-hydrogen) atoms. The van der Waals surface area contributed by atoms with E-state index in [0.29, 0.717) is 27.9 Å². The van der Waals surface area contributed by atoms with Crippen molar-refractivity contribution in [2.45, 2.75) is 69.9 Å². The Balaban J connectivity index is 1.59. The van der Waals surface area contributed by atoms with Gasteiger partial charge in [-0.2, -0.15) is 18.3 Å². The molecule has 2 amide bonds. The van der Waals surface area contributed by atoms with Crippen LogP contribution in [0.25, 0.3) is 0 Å². The van der Waals surface area contributed by atoms with Gasteiger partial charge >= 0.3 is 6.18 Å². The first-order valence-electron chi connectivity index (χ1n) is 12.4. The van der Waals surface area contributed by atoms with Crippen LogP contribution in [-0.4, -0.2) is 58.3 Å². The molecule has 2 heterocycles. The van der Waals surface area contributed by atoms with Gasteiger partial charge in [0, 0.05) is 23.5 Å². The van der Waals surface area contributed by atoms with Crippen molar-refractivity contribution in [2.24, 2.45) is 5.73 Å². The summed E-state index contributed by atoms with van der Waals surface area (Å²) in [7, 11) is 0. The van der Waals surface area contributed by atoms with Crippen LogP contribution in [0.2, 0.25) is 5.02 Å². The molecule has 8 nitrogen and oxygen atoms in total. The summed E-state index contributed by atoms with van der Waals surface area (Å²) in [5, 5.41) is 7.25. The van der Waals surface area contributed by atoms with Crippen molar-refractivity contribution in [1.82, 2.24) is 20.0 Å².